The number of thiazole rings is 1. The van der Waals surface area contributed by atoms with Crippen LogP contribution in [0.25, 0.3) is 0 Å². The van der Waals surface area contributed by atoms with Crippen molar-refractivity contribution < 1.29 is 24.2 Å². The minimum absolute atomic E-state index is 0.0545. The summed E-state index contributed by atoms with van der Waals surface area (Å²) in [5.41, 5.74) is 0.679. The van der Waals surface area contributed by atoms with Crippen LogP contribution in [-0.2, 0) is 16.2 Å². The van der Waals surface area contributed by atoms with E-state index in [1.807, 2.05) is 0 Å². The maximum absolute atomic E-state index is 14.0. The number of nitro benzene ring substituents is 2. The second-order valence-corrected chi connectivity index (χ2v) is 12.0. The number of fused-ring (bicyclic) bond motifs is 2. The summed E-state index contributed by atoms with van der Waals surface area (Å²) in [5.74, 6) is -2.93. The van der Waals surface area contributed by atoms with Crippen molar-refractivity contribution in [2.45, 2.75) is 22.8 Å². The third kappa shape index (κ3) is 4.82. The van der Waals surface area contributed by atoms with Crippen molar-refractivity contribution in [3.05, 3.63) is 118 Å². The molecule has 2 aliphatic rings. The Balaban J connectivity index is 1.46. The summed E-state index contributed by atoms with van der Waals surface area (Å²) in [6, 6.07) is 16.0. The molecule has 3 unspecified atom stereocenters. The summed E-state index contributed by atoms with van der Waals surface area (Å²) >= 11 is 7.99. The van der Waals surface area contributed by atoms with Crippen molar-refractivity contribution in [2.75, 3.05) is 4.90 Å². The molecule has 3 heterocycles. The zero-order chi connectivity index (χ0) is 29.7. The summed E-state index contributed by atoms with van der Waals surface area (Å²) < 4.78 is 6.10. The molecule has 12 nitrogen and oxygen atoms in total. The smallest absolute Gasteiger partial charge is 0.305 e. The van der Waals surface area contributed by atoms with Crippen LogP contribution in [0.15, 0.2) is 76.6 Å². The van der Waals surface area contributed by atoms with E-state index >= 15 is 0 Å². The maximum Gasteiger partial charge on any atom is 0.305 e. The van der Waals surface area contributed by atoms with Gasteiger partial charge in [0.25, 0.3) is 11.4 Å². The highest BCUT2D eigenvalue weighted by Crippen LogP contribution is 2.55. The fourth-order valence-electron chi connectivity index (χ4n) is 5.14. The number of thioether (sulfide) groups is 1. The highest BCUT2D eigenvalue weighted by Gasteiger charge is 2.57. The van der Waals surface area contributed by atoms with Gasteiger partial charge in [0, 0.05) is 45.6 Å². The van der Waals surface area contributed by atoms with Crippen LogP contribution >= 0.6 is 34.7 Å². The van der Waals surface area contributed by atoms with Gasteiger partial charge in [0.15, 0.2) is 0 Å². The Morgan fingerprint density at radius 1 is 0.929 bits per heavy atom. The number of rotatable bonds is 7. The van der Waals surface area contributed by atoms with Gasteiger partial charge in [0.05, 0.1) is 26.5 Å². The molecule has 4 aromatic rings. The second-order valence-electron chi connectivity index (χ2n) is 9.43. The van der Waals surface area contributed by atoms with Gasteiger partial charge in [0.2, 0.25) is 11.8 Å². The fourth-order valence-corrected chi connectivity index (χ4v) is 7.86. The highest BCUT2D eigenvalue weighted by molar-refractivity contribution is 8.00. The molecule has 15 heteroatoms. The molecular formula is C27H17ClN4O8S2. The van der Waals surface area contributed by atoms with Crippen LogP contribution in [0.2, 0.25) is 5.02 Å². The molecule has 2 amide bonds. The molecule has 6 rings (SSSR count). The number of hydrogen-bond donors (Lipinski definition) is 1. The van der Waals surface area contributed by atoms with E-state index in [1.165, 1.54) is 42.5 Å². The monoisotopic (exact) mass is 624 g/mol. The van der Waals surface area contributed by atoms with Crippen molar-refractivity contribution >= 4 is 63.6 Å². The molecule has 3 atom stereocenters. The molecule has 0 radical (unpaired) electrons. The van der Waals surface area contributed by atoms with Gasteiger partial charge in [-0.25, -0.2) is 4.90 Å². The quantitative estimate of drug-likeness (QED) is 0.163. The molecule has 0 saturated carbocycles. The van der Waals surface area contributed by atoms with Gasteiger partial charge >= 0.3 is 4.87 Å². The summed E-state index contributed by atoms with van der Waals surface area (Å²) in [7, 11) is 0. The van der Waals surface area contributed by atoms with Gasteiger partial charge in [-0.15, -0.1) is 0 Å². The number of aromatic amines is 1. The topological polar surface area (TPSA) is 166 Å². The van der Waals surface area contributed by atoms with Gasteiger partial charge in [-0.3, -0.25) is 34.6 Å². The van der Waals surface area contributed by atoms with Gasteiger partial charge in [0.1, 0.15) is 17.6 Å². The van der Waals surface area contributed by atoms with Crippen molar-refractivity contribution in [1.29, 1.82) is 0 Å². The number of non-ortho nitro benzene ring substituents is 2. The lowest BCUT2D eigenvalue weighted by atomic mass is 9.82. The number of halogens is 1. The third-order valence-electron chi connectivity index (χ3n) is 6.97. The average molecular weight is 625 g/mol. The normalized spacial score (nSPS) is 19.4. The lowest BCUT2D eigenvalue weighted by Crippen LogP contribution is -2.32. The molecule has 1 N–H and O–H groups in total. The molecule has 0 spiro atoms. The number of ether oxygens (including phenoxy) is 1. The van der Waals surface area contributed by atoms with Crippen LogP contribution in [0.4, 0.5) is 17.1 Å². The van der Waals surface area contributed by atoms with Gasteiger partial charge in [-0.1, -0.05) is 46.8 Å². The lowest BCUT2D eigenvalue weighted by Gasteiger charge is -2.30. The molecule has 42 heavy (non-hydrogen) atoms. The first-order chi connectivity index (χ1) is 20.1. The zero-order valence-electron chi connectivity index (χ0n) is 21.1. The van der Waals surface area contributed by atoms with E-state index in [1.54, 1.807) is 24.3 Å². The summed E-state index contributed by atoms with van der Waals surface area (Å²) in [6.45, 7) is 0.0545. The Hall–Kier alpha value is -4.53. The number of benzene rings is 3. The summed E-state index contributed by atoms with van der Waals surface area (Å²) in [5, 5.41) is 22.8. The molecule has 3 aromatic carbocycles. The van der Waals surface area contributed by atoms with E-state index in [-0.39, 0.29) is 35.0 Å². The second kappa shape index (κ2) is 10.7. The highest BCUT2D eigenvalue weighted by atomic mass is 35.5. The van der Waals surface area contributed by atoms with E-state index in [0.29, 0.717) is 14.9 Å². The van der Waals surface area contributed by atoms with E-state index in [2.05, 4.69) is 4.98 Å². The number of carbonyl (C=O) groups excluding carboxylic acids is 2. The number of aromatic nitrogens is 1. The number of H-pyrrole nitrogens is 1. The van der Waals surface area contributed by atoms with Crippen LogP contribution in [0.5, 0.6) is 5.75 Å². The summed E-state index contributed by atoms with van der Waals surface area (Å²) in [4.78, 5) is 65.6. The average Bonchev–Trinajstić information content (AvgIpc) is 3.46. The van der Waals surface area contributed by atoms with Gasteiger partial charge < -0.3 is 9.72 Å². The first-order valence-corrected chi connectivity index (χ1v) is 14.4. The molecule has 1 fully saturated rings. The minimum atomic E-state index is -1.05. The lowest BCUT2D eigenvalue weighted by molar-refractivity contribution is -0.385. The van der Waals surface area contributed by atoms with Gasteiger partial charge in [-0.2, -0.15) is 0 Å². The Kier molecular flexibility index (Phi) is 7.04. The van der Waals surface area contributed by atoms with E-state index < -0.39 is 43.6 Å². The van der Waals surface area contributed by atoms with Crippen LogP contribution < -0.4 is 14.5 Å². The number of nitrogens with one attached hydrogen (secondary N) is 1. The van der Waals surface area contributed by atoms with Gasteiger partial charge in [-0.05, 0) is 35.9 Å². The maximum atomic E-state index is 14.0. The number of nitrogens with zero attached hydrogens (tertiary/aromatic N) is 3. The van der Waals surface area contributed by atoms with Crippen molar-refractivity contribution in [3.63, 3.8) is 0 Å². The third-order valence-corrected chi connectivity index (χ3v) is 9.60. The standard InChI is InChI=1S/C27H17ClN4O8S2/c28-14-3-1-2-13(10-14)12-40-19-9-8-17(32(38)39)11-18(19)20-21-23(41-24-22(20)42-27(35)29-24)26(34)30(25(21)33)15-4-6-16(7-5-15)31(36)37/h1-11,20-21,23H,12H2,(H,29,35). The predicted molar refractivity (Wildman–Crippen MR) is 154 cm³/mol. The molecule has 2 aliphatic heterocycles. The molecule has 0 aliphatic carbocycles. The predicted octanol–water partition coefficient (Wildman–Crippen LogP) is 5.28. The van der Waals surface area contributed by atoms with Crippen molar-refractivity contribution in [3.8, 4) is 5.75 Å². The van der Waals surface area contributed by atoms with E-state index in [0.717, 1.165) is 33.6 Å². The first-order valence-electron chi connectivity index (χ1n) is 12.3. The number of carbonyl (C=O) groups is 2. The zero-order valence-corrected chi connectivity index (χ0v) is 23.5. The first kappa shape index (κ1) is 27.6. The number of nitro groups is 2. The fraction of sp³-hybridized carbons (Fsp3) is 0.148. The molecule has 0 bridgehead atoms. The molecule has 212 valence electrons. The summed E-state index contributed by atoms with van der Waals surface area (Å²) in [6.07, 6.45) is 0. The number of hydrogen-bond acceptors (Lipinski definition) is 10. The van der Waals surface area contributed by atoms with Crippen LogP contribution in [0.1, 0.15) is 21.9 Å². The molecule has 1 saturated heterocycles. The minimum Gasteiger partial charge on any atom is -0.489 e. The largest absolute Gasteiger partial charge is 0.489 e. The molecular weight excluding hydrogens is 608 g/mol. The Morgan fingerprint density at radius 2 is 1.64 bits per heavy atom. The van der Waals surface area contributed by atoms with Crippen LogP contribution in [-0.4, -0.2) is 31.9 Å². The van der Waals surface area contributed by atoms with Crippen LogP contribution in [0.3, 0.4) is 0 Å². The number of anilines is 1. The van der Waals surface area contributed by atoms with Crippen molar-refractivity contribution in [1.82, 2.24) is 4.98 Å². The molecule has 1 aromatic heterocycles. The Labute approximate surface area is 249 Å². The van der Waals surface area contributed by atoms with Crippen molar-refractivity contribution in [2.24, 2.45) is 5.92 Å². The number of imide groups is 1. The van der Waals surface area contributed by atoms with E-state index in [4.69, 9.17) is 16.3 Å². The number of amides is 2. The SMILES string of the molecule is O=C1C2Sc3[nH]c(=O)sc3C(c3cc([N+](=O)[O-])ccc3OCc3cccc(Cl)c3)C2C(=O)N1c1ccc([N+](=O)[O-])cc1. The Bertz CT molecular complexity index is 1840. The van der Waals surface area contributed by atoms with E-state index in [9.17, 15) is 34.6 Å². The Morgan fingerprint density at radius 3 is 2.33 bits per heavy atom. The van der Waals surface area contributed by atoms with Crippen LogP contribution in [0, 0.1) is 26.1 Å².